The summed E-state index contributed by atoms with van der Waals surface area (Å²) in [6.45, 7) is 0. The van der Waals surface area contributed by atoms with Crippen LogP contribution in [0.3, 0.4) is 0 Å². The first-order valence-electron chi connectivity index (χ1n) is 21.8. The van der Waals surface area contributed by atoms with Crippen LogP contribution in [0.4, 0.5) is 0 Å². The average Bonchev–Trinajstić information content (AvgIpc) is 3.38. The van der Waals surface area contributed by atoms with Gasteiger partial charge in [-0.3, -0.25) is 0 Å². The van der Waals surface area contributed by atoms with Gasteiger partial charge in [-0.2, -0.15) is 0 Å². The Balaban J connectivity index is 0.931. The molecular formula is C61H39N3. The molecule has 0 bridgehead atoms. The maximum absolute atomic E-state index is 5.20. The third-order valence-corrected chi connectivity index (χ3v) is 12.5. The normalized spacial score (nSPS) is 11.4. The molecule has 0 aliphatic rings. The lowest BCUT2D eigenvalue weighted by atomic mass is 9.89. The Morgan fingerprint density at radius 3 is 1.50 bits per heavy atom. The second kappa shape index (κ2) is 15.7. The van der Waals surface area contributed by atoms with Gasteiger partial charge in [-0.05, 0) is 106 Å². The van der Waals surface area contributed by atoms with Crippen molar-refractivity contribution in [1.82, 2.24) is 15.0 Å². The van der Waals surface area contributed by atoms with Crippen LogP contribution < -0.4 is 0 Å². The van der Waals surface area contributed by atoms with Crippen molar-refractivity contribution in [3.63, 3.8) is 0 Å². The zero-order chi connectivity index (χ0) is 42.4. The van der Waals surface area contributed by atoms with E-state index in [2.05, 4.69) is 231 Å². The largest absolute Gasteiger partial charge is 0.208 e. The van der Waals surface area contributed by atoms with Crippen LogP contribution in [0.1, 0.15) is 0 Å². The SMILES string of the molecule is c1ccc(-c2ccccc2-c2nc(-c3ccc(-c4ccc(-c5c6ccccc6cc6c5ccc5ccccc56)cc4)cc3)nc(-c3cccc(-c4ccc5ccccc5c4)c3)n2)cc1. The van der Waals surface area contributed by atoms with Gasteiger partial charge >= 0.3 is 0 Å². The topological polar surface area (TPSA) is 38.7 Å². The van der Waals surface area contributed by atoms with E-state index < -0.39 is 0 Å². The van der Waals surface area contributed by atoms with Gasteiger partial charge in [-0.1, -0.05) is 218 Å². The second-order valence-corrected chi connectivity index (χ2v) is 16.4. The van der Waals surface area contributed by atoms with Gasteiger partial charge in [-0.15, -0.1) is 0 Å². The Bertz CT molecular complexity index is 3710. The van der Waals surface area contributed by atoms with Gasteiger partial charge < -0.3 is 0 Å². The third-order valence-electron chi connectivity index (χ3n) is 12.5. The number of nitrogens with zero attached hydrogens (tertiary/aromatic N) is 3. The van der Waals surface area contributed by atoms with Crippen molar-refractivity contribution in [3.05, 3.63) is 237 Å². The maximum atomic E-state index is 5.20. The molecule has 0 amide bonds. The Morgan fingerprint density at radius 1 is 0.203 bits per heavy atom. The van der Waals surface area contributed by atoms with Crippen molar-refractivity contribution in [2.45, 2.75) is 0 Å². The summed E-state index contributed by atoms with van der Waals surface area (Å²) < 4.78 is 0. The quantitative estimate of drug-likeness (QED) is 0.119. The van der Waals surface area contributed by atoms with Crippen molar-refractivity contribution in [1.29, 1.82) is 0 Å². The minimum absolute atomic E-state index is 0.622. The third kappa shape index (κ3) is 6.77. The standard InChI is InChI=1S/C61H39N3/c1-2-14-43(15-3-1)52-21-10-11-24-56(52)61-63-59(62-60(64-61)51-20-12-19-48(38-51)49-34-29-40-13-4-5-17-47(40)37-49)46-32-27-42(28-33-46)41-25-30-45(31-26-41)58-54-23-9-7-18-50(54)39-57-53-22-8-6-16-44(53)35-36-55(57)58/h1-39H. The molecule has 3 heteroatoms. The highest BCUT2D eigenvalue weighted by Gasteiger charge is 2.17. The fourth-order valence-corrected chi connectivity index (χ4v) is 9.28. The summed E-state index contributed by atoms with van der Waals surface area (Å²) in [6.07, 6.45) is 0. The first-order valence-corrected chi connectivity index (χ1v) is 21.8. The minimum atomic E-state index is 0.622. The summed E-state index contributed by atoms with van der Waals surface area (Å²) >= 11 is 0. The zero-order valence-corrected chi connectivity index (χ0v) is 34.9. The van der Waals surface area contributed by atoms with E-state index in [1.165, 1.54) is 54.2 Å². The molecule has 0 aliphatic carbocycles. The van der Waals surface area contributed by atoms with Gasteiger partial charge in [-0.25, -0.2) is 15.0 Å². The van der Waals surface area contributed by atoms with Crippen LogP contribution in [-0.4, -0.2) is 15.0 Å². The monoisotopic (exact) mass is 813 g/mol. The molecule has 3 nitrogen and oxygen atoms in total. The molecule has 1 heterocycles. The van der Waals surface area contributed by atoms with Crippen molar-refractivity contribution in [2.24, 2.45) is 0 Å². The van der Waals surface area contributed by atoms with Crippen LogP contribution in [-0.2, 0) is 0 Å². The predicted octanol–water partition coefficient (Wildman–Crippen LogP) is 16.2. The molecule has 0 fully saturated rings. The molecule has 12 rings (SSSR count). The molecular weight excluding hydrogens is 775 g/mol. The fourth-order valence-electron chi connectivity index (χ4n) is 9.28. The Kier molecular flexibility index (Phi) is 9.16. The van der Waals surface area contributed by atoms with Gasteiger partial charge in [0, 0.05) is 16.7 Å². The maximum Gasteiger partial charge on any atom is 0.164 e. The van der Waals surface area contributed by atoms with Gasteiger partial charge in [0.2, 0.25) is 0 Å². The van der Waals surface area contributed by atoms with E-state index in [0.717, 1.165) is 50.1 Å². The molecule has 0 unspecified atom stereocenters. The number of fused-ring (bicyclic) bond motifs is 5. The van der Waals surface area contributed by atoms with Crippen LogP contribution in [0, 0.1) is 0 Å². The summed E-state index contributed by atoms with van der Waals surface area (Å²) in [5.74, 6) is 1.87. The highest BCUT2D eigenvalue weighted by molar-refractivity contribution is 6.20. The Morgan fingerprint density at radius 2 is 0.719 bits per heavy atom. The molecule has 64 heavy (non-hydrogen) atoms. The Hall–Kier alpha value is -8.53. The van der Waals surface area contributed by atoms with Gasteiger partial charge in [0.15, 0.2) is 17.5 Å². The fraction of sp³-hybridized carbons (Fsp3) is 0. The van der Waals surface area contributed by atoms with Crippen LogP contribution in [0.25, 0.3) is 122 Å². The molecule has 0 atom stereocenters. The van der Waals surface area contributed by atoms with E-state index in [9.17, 15) is 0 Å². The summed E-state index contributed by atoms with van der Waals surface area (Å²) in [4.78, 5) is 15.6. The number of hydrogen-bond donors (Lipinski definition) is 0. The first kappa shape index (κ1) is 37.2. The average molecular weight is 814 g/mol. The molecule has 0 radical (unpaired) electrons. The molecule has 0 N–H and O–H groups in total. The highest BCUT2D eigenvalue weighted by Crippen LogP contribution is 2.40. The Labute approximate surface area is 371 Å². The lowest BCUT2D eigenvalue weighted by Gasteiger charge is -2.15. The minimum Gasteiger partial charge on any atom is -0.208 e. The van der Waals surface area contributed by atoms with E-state index in [0.29, 0.717) is 17.5 Å². The van der Waals surface area contributed by atoms with Crippen LogP contribution in [0.2, 0.25) is 0 Å². The zero-order valence-electron chi connectivity index (χ0n) is 34.9. The van der Waals surface area contributed by atoms with Crippen molar-refractivity contribution in [2.75, 3.05) is 0 Å². The molecule has 0 saturated carbocycles. The van der Waals surface area contributed by atoms with Gasteiger partial charge in [0.25, 0.3) is 0 Å². The number of aromatic nitrogens is 3. The van der Waals surface area contributed by atoms with Crippen molar-refractivity contribution < 1.29 is 0 Å². The van der Waals surface area contributed by atoms with E-state index >= 15 is 0 Å². The van der Waals surface area contributed by atoms with Crippen molar-refractivity contribution in [3.8, 4) is 78.7 Å². The molecule has 0 aliphatic heterocycles. The lowest BCUT2D eigenvalue weighted by molar-refractivity contribution is 1.07. The molecule has 0 saturated heterocycles. The van der Waals surface area contributed by atoms with E-state index in [4.69, 9.17) is 15.0 Å². The second-order valence-electron chi connectivity index (χ2n) is 16.4. The van der Waals surface area contributed by atoms with E-state index in [-0.39, 0.29) is 0 Å². The van der Waals surface area contributed by atoms with Crippen LogP contribution >= 0.6 is 0 Å². The van der Waals surface area contributed by atoms with Crippen LogP contribution in [0.15, 0.2) is 237 Å². The first-order chi connectivity index (χ1) is 31.7. The van der Waals surface area contributed by atoms with Crippen LogP contribution in [0.5, 0.6) is 0 Å². The summed E-state index contributed by atoms with van der Waals surface area (Å²) in [5.41, 5.74) is 12.0. The number of hydrogen-bond acceptors (Lipinski definition) is 3. The molecule has 0 spiro atoms. The van der Waals surface area contributed by atoms with Gasteiger partial charge in [0.05, 0.1) is 0 Å². The predicted molar refractivity (Wildman–Crippen MR) is 268 cm³/mol. The van der Waals surface area contributed by atoms with E-state index in [1.54, 1.807) is 0 Å². The molecule has 12 aromatic rings. The molecule has 11 aromatic carbocycles. The molecule has 298 valence electrons. The summed E-state index contributed by atoms with van der Waals surface area (Å²) in [6, 6.07) is 84.3. The number of benzene rings is 11. The lowest BCUT2D eigenvalue weighted by Crippen LogP contribution is -2.01. The van der Waals surface area contributed by atoms with Gasteiger partial charge in [0.1, 0.15) is 0 Å². The molecule has 1 aromatic heterocycles. The van der Waals surface area contributed by atoms with E-state index in [1.807, 2.05) is 6.07 Å². The number of rotatable bonds is 7. The highest BCUT2D eigenvalue weighted by atomic mass is 15.0. The summed E-state index contributed by atoms with van der Waals surface area (Å²) in [7, 11) is 0. The smallest absolute Gasteiger partial charge is 0.164 e. The summed E-state index contributed by atoms with van der Waals surface area (Å²) in [5, 5.41) is 9.99. The van der Waals surface area contributed by atoms with Crippen molar-refractivity contribution >= 4 is 43.1 Å².